The molecule has 3 aliphatic rings. The van der Waals surface area contributed by atoms with Gasteiger partial charge in [-0.3, -0.25) is 4.99 Å². The van der Waals surface area contributed by atoms with E-state index >= 15 is 0 Å². The molecule has 2 aromatic carbocycles. The van der Waals surface area contributed by atoms with E-state index in [4.69, 9.17) is 4.74 Å². The summed E-state index contributed by atoms with van der Waals surface area (Å²) in [5.74, 6) is 2.62. The van der Waals surface area contributed by atoms with Crippen LogP contribution in [-0.2, 0) is 6.42 Å². The van der Waals surface area contributed by atoms with Gasteiger partial charge in [-0.1, -0.05) is 36.4 Å². The summed E-state index contributed by atoms with van der Waals surface area (Å²) in [7, 11) is 0. The Bertz CT molecular complexity index is 1240. The van der Waals surface area contributed by atoms with E-state index in [1.807, 2.05) is 12.1 Å². The fourth-order valence-corrected chi connectivity index (χ4v) is 6.64. The Morgan fingerprint density at radius 3 is 2.63 bits per heavy atom. The largest absolute Gasteiger partial charge is 0.508 e. The number of aliphatic hydroxyl groups excluding tert-OH is 1. The molecule has 0 spiro atoms. The van der Waals surface area contributed by atoms with Crippen molar-refractivity contribution in [1.82, 2.24) is 0 Å². The highest BCUT2D eigenvalue weighted by Gasteiger charge is 2.40. The van der Waals surface area contributed by atoms with Gasteiger partial charge in [-0.15, -0.1) is 0 Å². The van der Waals surface area contributed by atoms with Crippen LogP contribution in [0.5, 0.6) is 11.5 Å². The number of nitrogens with zero attached hydrogens (tertiary/aromatic N) is 1. The molecule has 0 amide bonds. The summed E-state index contributed by atoms with van der Waals surface area (Å²) in [5, 5.41) is 21.1. The van der Waals surface area contributed by atoms with Crippen LogP contribution in [0, 0.1) is 11.8 Å². The van der Waals surface area contributed by atoms with Crippen LogP contribution < -0.4 is 4.74 Å². The lowest BCUT2D eigenvalue weighted by molar-refractivity contribution is 0.126. The summed E-state index contributed by atoms with van der Waals surface area (Å²) in [6, 6.07) is 10.6. The number of aliphatic hydroxyl groups is 1. The molecule has 0 saturated heterocycles. The monoisotopic (exact) mass is 513 g/mol. The second-order valence-electron chi connectivity index (χ2n) is 11.8. The van der Waals surface area contributed by atoms with E-state index in [2.05, 4.69) is 62.7 Å². The summed E-state index contributed by atoms with van der Waals surface area (Å²) in [5.41, 5.74) is 7.98. The van der Waals surface area contributed by atoms with Gasteiger partial charge in [0, 0.05) is 35.7 Å². The van der Waals surface area contributed by atoms with Crippen molar-refractivity contribution in [2.24, 2.45) is 16.8 Å². The standard InChI is InChI=1S/C34H43NO3/c1-5-25-15-23(14-21(3)13-22(4)35-6-2)8-12-33(25)38-34-28(16-24-7-11-29(36)17-24)19-30-31(34)18-27(20-32(30)37)26-9-10-26/h5,8,12,14-15,18,20,24,26,28-29,34,36-37H,1,6-7,9-11,13,16-17,19H2,2-4H3/b21-14+,35-22?. The van der Waals surface area contributed by atoms with Crippen molar-refractivity contribution in [2.75, 3.05) is 6.54 Å². The Morgan fingerprint density at radius 1 is 1.13 bits per heavy atom. The summed E-state index contributed by atoms with van der Waals surface area (Å²) < 4.78 is 6.86. The normalized spacial score (nSPS) is 25.5. The summed E-state index contributed by atoms with van der Waals surface area (Å²) in [6.45, 7) is 11.2. The molecule has 4 nitrogen and oxygen atoms in total. The van der Waals surface area contributed by atoms with Crippen LogP contribution in [0.2, 0.25) is 0 Å². The minimum atomic E-state index is -0.175. The van der Waals surface area contributed by atoms with E-state index in [1.165, 1.54) is 24.0 Å². The number of fused-ring (bicyclic) bond motifs is 1. The van der Waals surface area contributed by atoms with Gasteiger partial charge in [0.25, 0.3) is 0 Å². The second kappa shape index (κ2) is 11.5. The van der Waals surface area contributed by atoms with Gasteiger partial charge >= 0.3 is 0 Å². The molecular formula is C34H43NO3. The van der Waals surface area contributed by atoms with Crippen LogP contribution >= 0.6 is 0 Å². The number of aliphatic imine (C=N–C) groups is 1. The molecule has 0 bridgehead atoms. The fraction of sp³-hybridized carbons (Fsp3) is 0.500. The number of rotatable bonds is 10. The molecule has 3 aliphatic carbocycles. The van der Waals surface area contributed by atoms with E-state index in [9.17, 15) is 10.2 Å². The predicted octanol–water partition coefficient (Wildman–Crippen LogP) is 8.03. The Hall–Kier alpha value is -2.85. The molecule has 202 valence electrons. The maximum atomic E-state index is 11.0. The molecule has 2 saturated carbocycles. The first-order chi connectivity index (χ1) is 18.3. The molecule has 0 radical (unpaired) electrons. The topological polar surface area (TPSA) is 62.0 Å². The van der Waals surface area contributed by atoms with Crippen molar-refractivity contribution in [3.8, 4) is 11.5 Å². The van der Waals surface area contributed by atoms with E-state index in [0.29, 0.717) is 17.6 Å². The molecule has 0 aliphatic heterocycles. The number of benzene rings is 2. The van der Waals surface area contributed by atoms with Crippen LogP contribution in [0.25, 0.3) is 12.2 Å². The van der Waals surface area contributed by atoms with E-state index in [1.54, 1.807) is 0 Å². The number of hydrogen-bond acceptors (Lipinski definition) is 4. The zero-order valence-electron chi connectivity index (χ0n) is 23.2. The highest BCUT2D eigenvalue weighted by Crippen LogP contribution is 2.50. The summed E-state index contributed by atoms with van der Waals surface area (Å²) in [4.78, 5) is 4.51. The smallest absolute Gasteiger partial charge is 0.127 e. The molecule has 38 heavy (non-hydrogen) atoms. The first kappa shape index (κ1) is 26.7. The number of phenols is 1. The van der Waals surface area contributed by atoms with Gasteiger partial charge < -0.3 is 14.9 Å². The third-order valence-corrected chi connectivity index (χ3v) is 8.57. The minimum absolute atomic E-state index is 0.109. The van der Waals surface area contributed by atoms with Gasteiger partial charge in [0.1, 0.15) is 17.6 Å². The molecule has 5 rings (SSSR count). The predicted molar refractivity (Wildman–Crippen MR) is 157 cm³/mol. The van der Waals surface area contributed by atoms with Crippen molar-refractivity contribution in [2.45, 2.75) is 90.3 Å². The van der Waals surface area contributed by atoms with Crippen molar-refractivity contribution in [3.63, 3.8) is 0 Å². The molecule has 4 heteroatoms. The van der Waals surface area contributed by atoms with Crippen LogP contribution in [0.15, 0.2) is 47.5 Å². The van der Waals surface area contributed by atoms with Gasteiger partial charge in [0.15, 0.2) is 0 Å². The lowest BCUT2D eigenvalue weighted by Gasteiger charge is -2.26. The summed E-state index contributed by atoms with van der Waals surface area (Å²) in [6.07, 6.45) is 11.8. The van der Waals surface area contributed by atoms with Crippen molar-refractivity contribution >= 4 is 17.9 Å². The zero-order chi connectivity index (χ0) is 26.8. The molecule has 2 aromatic rings. The lowest BCUT2D eigenvalue weighted by Crippen LogP contribution is -2.18. The van der Waals surface area contributed by atoms with E-state index in [0.717, 1.165) is 78.8 Å². The minimum Gasteiger partial charge on any atom is -0.508 e. The summed E-state index contributed by atoms with van der Waals surface area (Å²) >= 11 is 0. The number of allylic oxidation sites excluding steroid dienone is 1. The Balaban J connectivity index is 1.42. The van der Waals surface area contributed by atoms with Crippen molar-refractivity contribution in [1.29, 1.82) is 0 Å². The third kappa shape index (κ3) is 6.07. The fourth-order valence-electron chi connectivity index (χ4n) is 6.64. The van der Waals surface area contributed by atoms with E-state index in [-0.39, 0.29) is 18.1 Å². The van der Waals surface area contributed by atoms with Gasteiger partial charge in [-0.05, 0) is 112 Å². The zero-order valence-corrected chi connectivity index (χ0v) is 23.2. The Kier molecular flexibility index (Phi) is 8.09. The molecule has 0 aromatic heterocycles. The van der Waals surface area contributed by atoms with Gasteiger partial charge in [-0.2, -0.15) is 0 Å². The Labute approximate surface area is 228 Å². The number of phenolic OH excluding ortho intramolecular Hbond substituents is 1. The highest BCUT2D eigenvalue weighted by atomic mass is 16.5. The van der Waals surface area contributed by atoms with Crippen LogP contribution in [0.4, 0.5) is 0 Å². The van der Waals surface area contributed by atoms with Gasteiger partial charge in [-0.25, -0.2) is 0 Å². The molecular weight excluding hydrogens is 470 g/mol. The lowest BCUT2D eigenvalue weighted by atomic mass is 9.89. The van der Waals surface area contributed by atoms with Crippen molar-refractivity contribution in [3.05, 3.63) is 70.3 Å². The van der Waals surface area contributed by atoms with Crippen LogP contribution in [0.1, 0.15) is 106 Å². The maximum absolute atomic E-state index is 11.0. The maximum Gasteiger partial charge on any atom is 0.127 e. The molecule has 4 unspecified atom stereocenters. The van der Waals surface area contributed by atoms with Gasteiger partial charge in [0.05, 0.1) is 6.10 Å². The highest BCUT2D eigenvalue weighted by molar-refractivity contribution is 5.85. The number of hydrogen-bond donors (Lipinski definition) is 2. The molecule has 2 N–H and O–H groups in total. The SMILES string of the molecule is C=Cc1cc(/C=C(\C)CC(C)=NCC)ccc1OC1c2cc(C3CC3)cc(O)c2CC1CC1CCC(O)C1. The van der Waals surface area contributed by atoms with E-state index < -0.39 is 0 Å². The van der Waals surface area contributed by atoms with Gasteiger partial charge in [0.2, 0.25) is 0 Å². The Morgan fingerprint density at radius 2 is 1.95 bits per heavy atom. The average Bonchev–Trinajstić information content (AvgIpc) is 3.57. The average molecular weight is 514 g/mol. The molecule has 0 heterocycles. The van der Waals surface area contributed by atoms with Crippen molar-refractivity contribution < 1.29 is 14.9 Å². The molecule has 4 atom stereocenters. The van der Waals surface area contributed by atoms with Crippen LogP contribution in [0.3, 0.4) is 0 Å². The number of ether oxygens (including phenoxy) is 1. The third-order valence-electron chi connectivity index (χ3n) is 8.57. The first-order valence-electron chi connectivity index (χ1n) is 14.5. The quantitative estimate of drug-likeness (QED) is 0.316. The number of aromatic hydroxyl groups is 1. The second-order valence-corrected chi connectivity index (χ2v) is 11.8. The van der Waals surface area contributed by atoms with Crippen LogP contribution in [-0.4, -0.2) is 28.6 Å². The first-order valence-corrected chi connectivity index (χ1v) is 14.5. The molecule has 2 fully saturated rings.